The minimum absolute atomic E-state index is 0.129. The molecule has 1 amide bonds. The first kappa shape index (κ1) is 13.8. The van der Waals surface area contributed by atoms with Crippen LogP contribution < -0.4 is 5.32 Å². The Kier molecular flexibility index (Phi) is 3.70. The third-order valence-corrected chi connectivity index (χ3v) is 3.74. The average molecular weight is 289 g/mol. The summed E-state index contributed by atoms with van der Waals surface area (Å²) in [4.78, 5) is 18.9. The molecule has 5 nitrogen and oxygen atoms in total. The van der Waals surface area contributed by atoms with Crippen molar-refractivity contribution in [3.63, 3.8) is 0 Å². The summed E-state index contributed by atoms with van der Waals surface area (Å²) in [7, 11) is 1.65. The lowest BCUT2D eigenvalue weighted by Crippen LogP contribution is -2.35. The molecule has 0 aromatic carbocycles. The van der Waals surface area contributed by atoms with Crippen molar-refractivity contribution in [2.75, 3.05) is 20.3 Å². The molecule has 0 aliphatic carbocycles. The van der Waals surface area contributed by atoms with Gasteiger partial charge in [-0.25, -0.2) is 4.39 Å². The molecule has 0 spiro atoms. The maximum atomic E-state index is 13.8. The molecule has 110 valence electrons. The molecule has 0 saturated heterocycles. The van der Waals surface area contributed by atoms with Crippen LogP contribution in [0.5, 0.6) is 0 Å². The number of pyridine rings is 1. The summed E-state index contributed by atoms with van der Waals surface area (Å²) in [6.45, 7) is 1.17. The van der Waals surface area contributed by atoms with Crippen molar-refractivity contribution >= 4 is 5.91 Å². The van der Waals surface area contributed by atoms with Crippen LogP contribution in [0.15, 0.2) is 24.5 Å². The largest absolute Gasteiger partial charge is 0.385 e. The molecule has 3 heterocycles. The van der Waals surface area contributed by atoms with E-state index in [4.69, 9.17) is 4.74 Å². The summed E-state index contributed by atoms with van der Waals surface area (Å²) >= 11 is 0. The minimum Gasteiger partial charge on any atom is -0.385 e. The number of carbonyl (C=O) groups is 1. The number of aromatic amines is 1. The zero-order valence-electron chi connectivity index (χ0n) is 11.6. The fourth-order valence-corrected chi connectivity index (χ4v) is 2.64. The fraction of sp³-hybridized carbons (Fsp3) is 0.333. The van der Waals surface area contributed by atoms with Crippen LogP contribution >= 0.6 is 0 Å². The van der Waals surface area contributed by atoms with E-state index in [2.05, 4.69) is 15.3 Å². The van der Waals surface area contributed by atoms with Gasteiger partial charge in [-0.2, -0.15) is 0 Å². The second-order valence-electron chi connectivity index (χ2n) is 5.05. The first-order valence-electron chi connectivity index (χ1n) is 6.80. The second-order valence-corrected chi connectivity index (χ2v) is 5.05. The number of halogens is 1. The lowest BCUT2D eigenvalue weighted by atomic mass is 9.95. The number of methoxy groups -OCH3 is 1. The highest BCUT2D eigenvalue weighted by atomic mass is 19.1. The number of nitrogens with zero attached hydrogens (tertiary/aromatic N) is 1. The van der Waals surface area contributed by atoms with E-state index >= 15 is 0 Å². The molecule has 2 N–H and O–H groups in total. The predicted octanol–water partition coefficient (Wildman–Crippen LogP) is 2.08. The molecule has 2 aromatic rings. The van der Waals surface area contributed by atoms with E-state index in [1.165, 1.54) is 6.20 Å². The van der Waals surface area contributed by atoms with Gasteiger partial charge in [-0.1, -0.05) is 0 Å². The molecule has 0 saturated carbocycles. The van der Waals surface area contributed by atoms with Crippen molar-refractivity contribution in [3.05, 3.63) is 41.6 Å². The van der Waals surface area contributed by atoms with Crippen molar-refractivity contribution in [2.24, 2.45) is 0 Å². The van der Waals surface area contributed by atoms with Gasteiger partial charge in [0.05, 0.1) is 11.8 Å². The van der Waals surface area contributed by atoms with Gasteiger partial charge < -0.3 is 15.0 Å². The van der Waals surface area contributed by atoms with Crippen molar-refractivity contribution in [2.45, 2.75) is 12.3 Å². The Bertz CT molecular complexity index is 669. The Labute approximate surface area is 121 Å². The zero-order chi connectivity index (χ0) is 14.8. The van der Waals surface area contributed by atoms with Gasteiger partial charge >= 0.3 is 0 Å². The van der Waals surface area contributed by atoms with Crippen LogP contribution in [0.3, 0.4) is 0 Å². The van der Waals surface area contributed by atoms with Crippen molar-refractivity contribution in [1.29, 1.82) is 0 Å². The number of aromatic nitrogens is 2. The maximum Gasteiger partial charge on any atom is 0.253 e. The number of H-pyrrole nitrogens is 1. The van der Waals surface area contributed by atoms with E-state index < -0.39 is 5.82 Å². The highest BCUT2D eigenvalue weighted by Crippen LogP contribution is 2.31. The van der Waals surface area contributed by atoms with Crippen LogP contribution in [0.2, 0.25) is 0 Å². The molecule has 6 heteroatoms. The van der Waals surface area contributed by atoms with Crippen LogP contribution in [0.25, 0.3) is 11.3 Å². The standard InChI is InChI=1S/C15H16FN3O2/c1-21-5-3-9-7-18-15(20)11-6-13(19-14(9)11)10-2-4-17-8-12(10)16/h2,4,6,8-9,19H,3,5,7H2,1H3,(H,18,20). The van der Waals surface area contributed by atoms with Gasteiger partial charge in [-0.3, -0.25) is 9.78 Å². The predicted molar refractivity (Wildman–Crippen MR) is 75.5 cm³/mol. The molecule has 0 radical (unpaired) electrons. The van der Waals surface area contributed by atoms with Gasteiger partial charge in [0, 0.05) is 49.3 Å². The van der Waals surface area contributed by atoms with Crippen LogP contribution in [0, 0.1) is 5.82 Å². The number of ether oxygens (including phenoxy) is 1. The van der Waals surface area contributed by atoms with Gasteiger partial charge in [0.1, 0.15) is 0 Å². The van der Waals surface area contributed by atoms with E-state index in [1.807, 2.05) is 0 Å². The first-order chi connectivity index (χ1) is 10.2. The summed E-state index contributed by atoms with van der Waals surface area (Å²) in [5.74, 6) is -0.392. The quantitative estimate of drug-likeness (QED) is 0.905. The molecule has 1 aliphatic heterocycles. The third-order valence-electron chi connectivity index (χ3n) is 3.74. The van der Waals surface area contributed by atoms with Crippen LogP contribution in [-0.4, -0.2) is 36.1 Å². The molecule has 0 fully saturated rings. The SMILES string of the molecule is COCCC1CNC(=O)c2cc(-c3ccncc3F)[nH]c21. The zero-order valence-corrected chi connectivity index (χ0v) is 11.6. The van der Waals surface area contributed by atoms with Crippen molar-refractivity contribution < 1.29 is 13.9 Å². The maximum absolute atomic E-state index is 13.8. The Morgan fingerprint density at radius 2 is 2.33 bits per heavy atom. The highest BCUT2D eigenvalue weighted by molar-refractivity contribution is 5.98. The monoisotopic (exact) mass is 289 g/mol. The Morgan fingerprint density at radius 1 is 1.48 bits per heavy atom. The van der Waals surface area contributed by atoms with Crippen LogP contribution in [0.1, 0.15) is 28.4 Å². The number of carbonyl (C=O) groups excluding carboxylic acids is 1. The van der Waals surface area contributed by atoms with Crippen LogP contribution in [0.4, 0.5) is 4.39 Å². The fourth-order valence-electron chi connectivity index (χ4n) is 2.64. The number of rotatable bonds is 4. The molecule has 0 bridgehead atoms. The second kappa shape index (κ2) is 5.65. The number of nitrogens with one attached hydrogen (secondary N) is 2. The molecular weight excluding hydrogens is 273 g/mol. The molecule has 1 aliphatic rings. The van der Waals surface area contributed by atoms with Gasteiger partial charge in [0.15, 0.2) is 5.82 Å². The summed E-state index contributed by atoms with van der Waals surface area (Å²) in [6, 6.07) is 3.29. The Balaban J connectivity index is 2.00. The smallest absolute Gasteiger partial charge is 0.253 e. The number of hydrogen-bond acceptors (Lipinski definition) is 3. The summed E-state index contributed by atoms with van der Waals surface area (Å²) < 4.78 is 18.9. The van der Waals surface area contributed by atoms with Crippen molar-refractivity contribution in [3.8, 4) is 11.3 Å². The van der Waals surface area contributed by atoms with Crippen LogP contribution in [-0.2, 0) is 4.74 Å². The van der Waals surface area contributed by atoms with E-state index in [1.54, 1.807) is 19.2 Å². The first-order valence-corrected chi connectivity index (χ1v) is 6.80. The lowest BCUT2D eigenvalue weighted by Gasteiger charge is -2.22. The topological polar surface area (TPSA) is 67.0 Å². The van der Waals surface area contributed by atoms with E-state index in [-0.39, 0.29) is 11.8 Å². The van der Waals surface area contributed by atoms with E-state index in [9.17, 15) is 9.18 Å². The Hall–Kier alpha value is -2.21. The molecular formula is C15H16FN3O2. The summed E-state index contributed by atoms with van der Waals surface area (Å²) in [6.07, 6.45) is 3.49. The minimum atomic E-state index is -0.412. The summed E-state index contributed by atoms with van der Waals surface area (Å²) in [5, 5.41) is 2.86. The average Bonchev–Trinajstić information content (AvgIpc) is 2.93. The van der Waals surface area contributed by atoms with Gasteiger partial charge in [-0.15, -0.1) is 0 Å². The lowest BCUT2D eigenvalue weighted by molar-refractivity contribution is 0.0934. The van der Waals surface area contributed by atoms with Gasteiger partial charge in [-0.05, 0) is 18.6 Å². The molecule has 1 unspecified atom stereocenters. The molecule has 3 rings (SSSR count). The number of amides is 1. The van der Waals surface area contributed by atoms with Gasteiger partial charge in [0.25, 0.3) is 5.91 Å². The van der Waals surface area contributed by atoms with E-state index in [0.29, 0.717) is 30.0 Å². The van der Waals surface area contributed by atoms with E-state index in [0.717, 1.165) is 18.3 Å². The third kappa shape index (κ3) is 2.54. The highest BCUT2D eigenvalue weighted by Gasteiger charge is 2.28. The molecule has 1 atom stereocenters. The number of hydrogen-bond donors (Lipinski definition) is 2. The molecule has 2 aromatic heterocycles. The van der Waals surface area contributed by atoms with Crippen molar-refractivity contribution in [1.82, 2.24) is 15.3 Å². The summed E-state index contributed by atoms with van der Waals surface area (Å²) in [5.41, 5.74) is 2.44. The Morgan fingerprint density at radius 3 is 3.10 bits per heavy atom. The van der Waals surface area contributed by atoms with Gasteiger partial charge in [0.2, 0.25) is 0 Å². The normalized spacial score (nSPS) is 17.4. The molecule has 21 heavy (non-hydrogen) atoms. The number of fused-ring (bicyclic) bond motifs is 1.